The van der Waals surface area contributed by atoms with Crippen LogP contribution < -0.4 is 10.2 Å². The number of aromatic amines is 1. The summed E-state index contributed by atoms with van der Waals surface area (Å²) in [4.78, 5) is 10.8. The van der Waals surface area contributed by atoms with E-state index in [4.69, 9.17) is 0 Å². The van der Waals surface area contributed by atoms with Crippen LogP contribution in [-0.2, 0) is 0 Å². The smallest absolute Gasteiger partial charge is 0.160 e. The van der Waals surface area contributed by atoms with Crippen LogP contribution in [0, 0.1) is 0 Å². The van der Waals surface area contributed by atoms with Gasteiger partial charge in [-0.1, -0.05) is 0 Å². The van der Waals surface area contributed by atoms with E-state index in [2.05, 4.69) is 37.4 Å². The van der Waals surface area contributed by atoms with Crippen molar-refractivity contribution in [2.45, 2.75) is 18.9 Å². The van der Waals surface area contributed by atoms with Gasteiger partial charge in [0.1, 0.15) is 12.1 Å². The minimum Gasteiger partial charge on any atom is -0.355 e. The third kappa shape index (κ3) is 1.84. The van der Waals surface area contributed by atoms with E-state index in [1.165, 1.54) is 12.8 Å². The summed E-state index contributed by atoms with van der Waals surface area (Å²) in [6, 6.07) is 0.497. The van der Waals surface area contributed by atoms with Crippen molar-refractivity contribution in [1.29, 1.82) is 0 Å². The number of hydrogen-bond donors (Lipinski definition) is 2. The van der Waals surface area contributed by atoms with Crippen LogP contribution in [0.4, 0.5) is 5.82 Å². The van der Waals surface area contributed by atoms with Crippen LogP contribution in [0.5, 0.6) is 0 Å². The van der Waals surface area contributed by atoms with Crippen molar-refractivity contribution in [3.63, 3.8) is 0 Å². The number of fused-ring (bicyclic) bond motifs is 1. The SMILES string of the molecule is CN(c1ncnc2[nH]ncc12)[C@@H]1CCCNC1. The Bertz CT molecular complexity index is 501. The predicted octanol–water partition coefficient (Wildman–Crippen LogP) is 0.541. The van der Waals surface area contributed by atoms with Crippen molar-refractivity contribution in [2.75, 3.05) is 25.0 Å². The molecule has 1 aliphatic heterocycles. The lowest BCUT2D eigenvalue weighted by Gasteiger charge is -2.32. The third-order valence-corrected chi connectivity index (χ3v) is 3.38. The first kappa shape index (κ1) is 10.5. The first-order chi connectivity index (χ1) is 8.36. The van der Waals surface area contributed by atoms with Gasteiger partial charge >= 0.3 is 0 Å². The summed E-state index contributed by atoms with van der Waals surface area (Å²) in [5, 5.41) is 11.3. The van der Waals surface area contributed by atoms with Gasteiger partial charge in [0.15, 0.2) is 5.65 Å². The van der Waals surface area contributed by atoms with E-state index in [0.717, 1.165) is 29.9 Å². The number of H-pyrrole nitrogens is 1. The summed E-state index contributed by atoms with van der Waals surface area (Å²) < 4.78 is 0. The highest BCUT2D eigenvalue weighted by molar-refractivity contribution is 5.86. The topological polar surface area (TPSA) is 69.7 Å². The molecule has 3 rings (SSSR count). The van der Waals surface area contributed by atoms with E-state index in [9.17, 15) is 0 Å². The molecule has 0 bridgehead atoms. The first-order valence-electron chi connectivity index (χ1n) is 5.94. The number of hydrogen-bond acceptors (Lipinski definition) is 5. The number of nitrogens with one attached hydrogen (secondary N) is 2. The van der Waals surface area contributed by atoms with E-state index in [-0.39, 0.29) is 0 Å². The van der Waals surface area contributed by atoms with Crippen LogP contribution in [0.1, 0.15) is 12.8 Å². The summed E-state index contributed by atoms with van der Waals surface area (Å²) >= 11 is 0. The van der Waals surface area contributed by atoms with Crippen LogP contribution >= 0.6 is 0 Å². The van der Waals surface area contributed by atoms with Gasteiger partial charge in [-0.15, -0.1) is 0 Å². The van der Waals surface area contributed by atoms with Gasteiger partial charge in [0.25, 0.3) is 0 Å². The number of anilines is 1. The van der Waals surface area contributed by atoms with E-state index in [1.807, 2.05) is 0 Å². The molecule has 90 valence electrons. The van der Waals surface area contributed by atoms with Crippen LogP contribution in [0.15, 0.2) is 12.5 Å². The highest BCUT2D eigenvalue weighted by Crippen LogP contribution is 2.23. The second kappa shape index (κ2) is 4.29. The predicted molar refractivity (Wildman–Crippen MR) is 66.0 cm³/mol. The number of piperidine rings is 1. The van der Waals surface area contributed by atoms with Gasteiger partial charge in [0.2, 0.25) is 0 Å². The van der Waals surface area contributed by atoms with Gasteiger partial charge in [-0.3, -0.25) is 5.10 Å². The minimum absolute atomic E-state index is 0.497. The van der Waals surface area contributed by atoms with Crippen LogP contribution in [0.2, 0.25) is 0 Å². The number of nitrogens with zero attached hydrogens (tertiary/aromatic N) is 4. The molecular formula is C11H16N6. The maximum Gasteiger partial charge on any atom is 0.160 e. The monoisotopic (exact) mass is 232 g/mol. The lowest BCUT2D eigenvalue weighted by atomic mass is 10.1. The van der Waals surface area contributed by atoms with E-state index < -0.39 is 0 Å². The average molecular weight is 232 g/mol. The lowest BCUT2D eigenvalue weighted by molar-refractivity contribution is 0.444. The van der Waals surface area contributed by atoms with Crippen LogP contribution in [-0.4, -0.2) is 46.3 Å². The maximum atomic E-state index is 4.38. The fourth-order valence-electron chi connectivity index (χ4n) is 2.37. The van der Waals surface area contributed by atoms with Crippen molar-refractivity contribution >= 4 is 16.9 Å². The Morgan fingerprint density at radius 1 is 1.41 bits per heavy atom. The Hall–Kier alpha value is -1.69. The highest BCUT2D eigenvalue weighted by Gasteiger charge is 2.20. The molecule has 1 atom stereocenters. The second-order valence-corrected chi connectivity index (χ2v) is 4.44. The van der Waals surface area contributed by atoms with Crippen molar-refractivity contribution in [3.05, 3.63) is 12.5 Å². The van der Waals surface area contributed by atoms with Crippen LogP contribution in [0.25, 0.3) is 11.0 Å². The van der Waals surface area contributed by atoms with Gasteiger partial charge in [-0.05, 0) is 19.4 Å². The molecule has 0 radical (unpaired) electrons. The summed E-state index contributed by atoms with van der Waals surface area (Å²) in [5.41, 5.74) is 0.797. The summed E-state index contributed by atoms with van der Waals surface area (Å²) in [5.74, 6) is 0.956. The molecular weight excluding hydrogens is 216 g/mol. The van der Waals surface area contributed by atoms with Crippen molar-refractivity contribution in [2.24, 2.45) is 0 Å². The van der Waals surface area contributed by atoms with Gasteiger partial charge in [0.05, 0.1) is 11.6 Å². The first-order valence-corrected chi connectivity index (χ1v) is 5.94. The van der Waals surface area contributed by atoms with Crippen molar-refractivity contribution < 1.29 is 0 Å². The molecule has 6 heteroatoms. The van der Waals surface area contributed by atoms with Gasteiger partial charge < -0.3 is 10.2 Å². The standard InChI is InChI=1S/C11H16N6/c1-17(8-3-2-4-12-5-8)11-9-6-15-16-10(9)13-7-14-11/h6-8,12H,2-5H2,1H3,(H,13,14,15,16)/t8-/m1/s1. The number of aromatic nitrogens is 4. The molecule has 17 heavy (non-hydrogen) atoms. The molecule has 1 saturated heterocycles. The zero-order chi connectivity index (χ0) is 11.7. The second-order valence-electron chi connectivity index (χ2n) is 4.44. The summed E-state index contributed by atoms with van der Waals surface area (Å²) in [6.07, 6.45) is 5.79. The quantitative estimate of drug-likeness (QED) is 0.791. The van der Waals surface area contributed by atoms with E-state index >= 15 is 0 Å². The number of likely N-dealkylation sites (N-methyl/N-ethyl adjacent to an activating group) is 1. The van der Waals surface area contributed by atoms with Gasteiger partial charge in [0, 0.05) is 19.6 Å². The molecule has 0 aromatic carbocycles. The average Bonchev–Trinajstić information content (AvgIpc) is 2.87. The lowest BCUT2D eigenvalue weighted by Crippen LogP contribution is -2.44. The Morgan fingerprint density at radius 3 is 3.18 bits per heavy atom. The fourth-order valence-corrected chi connectivity index (χ4v) is 2.37. The van der Waals surface area contributed by atoms with Gasteiger partial charge in [-0.2, -0.15) is 5.10 Å². The Kier molecular flexibility index (Phi) is 2.64. The zero-order valence-electron chi connectivity index (χ0n) is 9.85. The maximum absolute atomic E-state index is 4.38. The van der Waals surface area contributed by atoms with E-state index in [1.54, 1.807) is 12.5 Å². The molecule has 1 fully saturated rings. The molecule has 3 heterocycles. The highest BCUT2D eigenvalue weighted by atomic mass is 15.2. The normalized spacial score (nSPS) is 20.6. The Balaban J connectivity index is 1.94. The molecule has 0 unspecified atom stereocenters. The molecule has 6 nitrogen and oxygen atoms in total. The summed E-state index contributed by atoms with van der Waals surface area (Å²) in [7, 11) is 2.09. The van der Waals surface area contributed by atoms with Crippen molar-refractivity contribution in [1.82, 2.24) is 25.5 Å². The number of rotatable bonds is 2. The fraction of sp³-hybridized carbons (Fsp3) is 0.545. The molecule has 0 aliphatic carbocycles. The van der Waals surface area contributed by atoms with Crippen LogP contribution in [0.3, 0.4) is 0 Å². The van der Waals surface area contributed by atoms with E-state index in [0.29, 0.717) is 6.04 Å². The molecule has 0 amide bonds. The van der Waals surface area contributed by atoms with Gasteiger partial charge in [-0.25, -0.2) is 9.97 Å². The molecule has 2 aromatic rings. The third-order valence-electron chi connectivity index (χ3n) is 3.38. The minimum atomic E-state index is 0.497. The summed E-state index contributed by atoms with van der Waals surface area (Å²) in [6.45, 7) is 2.13. The molecule has 0 saturated carbocycles. The largest absolute Gasteiger partial charge is 0.355 e. The molecule has 2 aromatic heterocycles. The zero-order valence-corrected chi connectivity index (χ0v) is 9.85. The Labute approximate surface area is 99.4 Å². The molecule has 2 N–H and O–H groups in total. The molecule has 0 spiro atoms. The molecule has 1 aliphatic rings. The Morgan fingerprint density at radius 2 is 2.35 bits per heavy atom. The van der Waals surface area contributed by atoms with Crippen molar-refractivity contribution in [3.8, 4) is 0 Å².